The van der Waals surface area contributed by atoms with Crippen LogP contribution < -0.4 is 5.73 Å². The molecule has 0 radical (unpaired) electrons. The molecule has 0 amide bonds. The van der Waals surface area contributed by atoms with E-state index in [-0.39, 0.29) is 0 Å². The minimum absolute atomic E-state index is 0.854. The molecule has 0 spiro atoms. The van der Waals surface area contributed by atoms with E-state index in [2.05, 4.69) is 18.7 Å². The summed E-state index contributed by atoms with van der Waals surface area (Å²) in [6.45, 7) is 0.854. The van der Waals surface area contributed by atoms with Gasteiger partial charge in [0.2, 0.25) is 0 Å². The van der Waals surface area contributed by atoms with Crippen molar-refractivity contribution in [2.24, 2.45) is 5.73 Å². The normalized spacial score (nSPS) is 11.2. The van der Waals surface area contributed by atoms with E-state index < -0.39 is 0 Å². The first-order chi connectivity index (χ1) is 6.41. The summed E-state index contributed by atoms with van der Waals surface area (Å²) in [6, 6.07) is 0. The molecule has 0 bridgehead atoms. The van der Waals surface area contributed by atoms with Crippen molar-refractivity contribution in [3.8, 4) is 0 Å². The molecule has 2 N–H and O–H groups in total. The van der Waals surface area contributed by atoms with Crippen LogP contribution in [-0.4, -0.2) is 6.54 Å². The van der Waals surface area contributed by atoms with Gasteiger partial charge >= 0.3 is 0 Å². The Balaban J connectivity index is 2.83. The second kappa shape index (κ2) is 12.0. The highest BCUT2D eigenvalue weighted by molar-refractivity contribution is 7.83. The molecule has 1 nitrogen and oxygen atoms in total. The summed E-state index contributed by atoms with van der Waals surface area (Å²) in [4.78, 5) is 0. The summed E-state index contributed by atoms with van der Waals surface area (Å²) in [5, 5.41) is 1.83. The molecule has 0 aromatic carbocycles. The molecular formula is C11H23NS. The van der Waals surface area contributed by atoms with E-state index in [1.807, 2.05) is 5.41 Å². The molecule has 0 saturated heterocycles. The molecular weight excluding hydrogens is 178 g/mol. The second-order valence-corrected chi connectivity index (χ2v) is 3.74. The number of hydrogen-bond acceptors (Lipinski definition) is 2. The monoisotopic (exact) mass is 201 g/mol. The minimum atomic E-state index is 0.854. The molecule has 0 aromatic heterocycles. The molecule has 0 heterocycles. The third-order valence-corrected chi connectivity index (χ3v) is 2.39. The van der Waals surface area contributed by atoms with Gasteiger partial charge in [0.05, 0.1) is 0 Å². The Hall–Kier alpha value is 0.0500. The first-order valence-electron chi connectivity index (χ1n) is 5.41. The van der Waals surface area contributed by atoms with Gasteiger partial charge in [-0.1, -0.05) is 38.2 Å². The Bertz CT molecular complexity index is 113. The summed E-state index contributed by atoms with van der Waals surface area (Å²) in [7, 11) is 0. The average Bonchev–Trinajstić information content (AvgIpc) is 2.16. The SMILES string of the molecule is NCCCCCCCCC/C=C/S. The van der Waals surface area contributed by atoms with Crippen LogP contribution >= 0.6 is 12.6 Å². The maximum atomic E-state index is 5.41. The fourth-order valence-corrected chi connectivity index (χ4v) is 1.51. The zero-order valence-corrected chi connectivity index (χ0v) is 9.44. The largest absolute Gasteiger partial charge is 0.330 e. The van der Waals surface area contributed by atoms with Gasteiger partial charge in [-0.15, -0.1) is 0 Å². The molecule has 0 saturated carbocycles. The van der Waals surface area contributed by atoms with Gasteiger partial charge in [-0.2, -0.15) is 12.6 Å². The fourth-order valence-electron chi connectivity index (χ4n) is 1.36. The lowest BCUT2D eigenvalue weighted by atomic mass is 10.1. The molecule has 78 valence electrons. The van der Waals surface area contributed by atoms with Gasteiger partial charge in [-0.05, 0) is 31.2 Å². The van der Waals surface area contributed by atoms with Crippen LogP contribution in [0, 0.1) is 0 Å². The van der Waals surface area contributed by atoms with E-state index in [0.717, 1.165) is 6.54 Å². The van der Waals surface area contributed by atoms with Gasteiger partial charge in [0.25, 0.3) is 0 Å². The van der Waals surface area contributed by atoms with Gasteiger partial charge in [-0.3, -0.25) is 0 Å². The van der Waals surface area contributed by atoms with Crippen LogP contribution in [0.5, 0.6) is 0 Å². The summed E-state index contributed by atoms with van der Waals surface area (Å²) < 4.78 is 0. The summed E-state index contributed by atoms with van der Waals surface area (Å²) in [6.07, 6.45) is 12.6. The zero-order chi connectivity index (χ0) is 9.78. The minimum Gasteiger partial charge on any atom is -0.330 e. The Labute approximate surface area is 88.2 Å². The molecule has 13 heavy (non-hydrogen) atoms. The van der Waals surface area contributed by atoms with Crippen molar-refractivity contribution in [2.75, 3.05) is 6.54 Å². The van der Waals surface area contributed by atoms with Gasteiger partial charge in [0.1, 0.15) is 0 Å². The number of unbranched alkanes of at least 4 members (excludes halogenated alkanes) is 7. The van der Waals surface area contributed by atoms with E-state index in [0.29, 0.717) is 0 Å². The second-order valence-electron chi connectivity index (χ2n) is 3.44. The summed E-state index contributed by atoms with van der Waals surface area (Å²) in [5.41, 5.74) is 5.41. The van der Waals surface area contributed by atoms with Crippen molar-refractivity contribution in [3.63, 3.8) is 0 Å². The van der Waals surface area contributed by atoms with E-state index >= 15 is 0 Å². The van der Waals surface area contributed by atoms with E-state index in [9.17, 15) is 0 Å². The smallest absolute Gasteiger partial charge is 0.00773 e. The number of nitrogens with two attached hydrogens (primary N) is 1. The summed E-state index contributed by atoms with van der Waals surface area (Å²) >= 11 is 4.01. The maximum Gasteiger partial charge on any atom is -0.00773 e. The van der Waals surface area contributed by atoms with Crippen molar-refractivity contribution < 1.29 is 0 Å². The molecule has 2 heteroatoms. The number of rotatable bonds is 9. The molecule has 0 atom stereocenters. The number of allylic oxidation sites excluding steroid dienone is 1. The first kappa shape index (κ1) is 13.1. The van der Waals surface area contributed by atoms with Crippen molar-refractivity contribution in [1.29, 1.82) is 0 Å². The predicted octanol–water partition coefficient (Wildman–Crippen LogP) is 3.51. The Morgan fingerprint density at radius 3 is 1.92 bits per heavy atom. The average molecular weight is 201 g/mol. The van der Waals surface area contributed by atoms with Gasteiger partial charge in [0, 0.05) is 0 Å². The zero-order valence-electron chi connectivity index (χ0n) is 8.54. The van der Waals surface area contributed by atoms with Gasteiger partial charge in [0.15, 0.2) is 0 Å². The third-order valence-electron chi connectivity index (χ3n) is 2.18. The quantitative estimate of drug-likeness (QED) is 0.433. The van der Waals surface area contributed by atoms with E-state index in [4.69, 9.17) is 5.73 Å². The highest BCUT2D eigenvalue weighted by atomic mass is 32.1. The highest BCUT2D eigenvalue weighted by Crippen LogP contribution is 2.08. The van der Waals surface area contributed by atoms with Crippen molar-refractivity contribution >= 4 is 12.6 Å². The van der Waals surface area contributed by atoms with Crippen LogP contribution in [-0.2, 0) is 0 Å². The van der Waals surface area contributed by atoms with E-state index in [1.54, 1.807) is 0 Å². The van der Waals surface area contributed by atoms with E-state index in [1.165, 1.54) is 51.4 Å². The number of thiol groups is 1. The van der Waals surface area contributed by atoms with Crippen LogP contribution in [0.4, 0.5) is 0 Å². The molecule has 0 aliphatic carbocycles. The first-order valence-corrected chi connectivity index (χ1v) is 5.92. The number of hydrogen-bond donors (Lipinski definition) is 2. The Morgan fingerprint density at radius 2 is 1.38 bits per heavy atom. The van der Waals surface area contributed by atoms with Gasteiger partial charge < -0.3 is 5.73 Å². The van der Waals surface area contributed by atoms with Crippen LogP contribution in [0.2, 0.25) is 0 Å². The third kappa shape index (κ3) is 12.1. The lowest BCUT2D eigenvalue weighted by Crippen LogP contribution is -1.97. The lowest BCUT2D eigenvalue weighted by Gasteiger charge is -1.99. The predicted molar refractivity (Wildman–Crippen MR) is 64.1 cm³/mol. The van der Waals surface area contributed by atoms with Crippen molar-refractivity contribution in [1.82, 2.24) is 0 Å². The highest BCUT2D eigenvalue weighted by Gasteiger charge is 1.89. The van der Waals surface area contributed by atoms with Crippen molar-refractivity contribution in [2.45, 2.75) is 51.4 Å². The lowest BCUT2D eigenvalue weighted by molar-refractivity contribution is 0.584. The molecule has 0 aliphatic heterocycles. The molecule has 0 fully saturated rings. The summed E-state index contributed by atoms with van der Waals surface area (Å²) in [5.74, 6) is 0. The topological polar surface area (TPSA) is 26.0 Å². The molecule has 0 rings (SSSR count). The van der Waals surface area contributed by atoms with Crippen LogP contribution in [0.25, 0.3) is 0 Å². The molecule has 0 aromatic rings. The van der Waals surface area contributed by atoms with Crippen LogP contribution in [0.1, 0.15) is 51.4 Å². The standard InChI is InChI=1S/C11H23NS/c12-10-8-6-4-2-1-3-5-7-9-11-13/h9,11,13H,1-8,10,12H2/b11-9+. The Kier molecular flexibility index (Phi) is 12.1. The molecule has 0 aliphatic rings. The van der Waals surface area contributed by atoms with Crippen molar-refractivity contribution in [3.05, 3.63) is 11.5 Å². The van der Waals surface area contributed by atoms with Crippen LogP contribution in [0.15, 0.2) is 11.5 Å². The van der Waals surface area contributed by atoms with Gasteiger partial charge in [-0.25, -0.2) is 0 Å². The molecule has 0 unspecified atom stereocenters. The Morgan fingerprint density at radius 1 is 0.846 bits per heavy atom. The fraction of sp³-hybridized carbons (Fsp3) is 0.818. The van der Waals surface area contributed by atoms with Crippen LogP contribution in [0.3, 0.4) is 0 Å². The maximum absolute atomic E-state index is 5.41.